The Morgan fingerprint density at radius 3 is 2.35 bits per heavy atom. The molecular weight excluding hydrogens is 392 g/mol. The highest BCUT2D eigenvalue weighted by Crippen LogP contribution is 2.21. The maximum atomic E-state index is 12.9. The minimum atomic E-state index is -1.10. The molecule has 0 spiro atoms. The number of aliphatic imine (C=N–C) groups is 1. The van der Waals surface area contributed by atoms with Crippen LogP contribution in [-0.4, -0.2) is 48.1 Å². The van der Waals surface area contributed by atoms with Gasteiger partial charge < -0.3 is 0 Å². The minimum Gasteiger partial charge on any atom is -0.299 e. The van der Waals surface area contributed by atoms with Crippen LogP contribution in [0.2, 0.25) is 0 Å². The number of barbiturate groups is 1. The summed E-state index contributed by atoms with van der Waals surface area (Å²) in [5, 5.41) is 2.27. The Morgan fingerprint density at radius 1 is 1.00 bits per heavy atom. The first kappa shape index (κ1) is 20.9. The van der Waals surface area contributed by atoms with Gasteiger partial charge in [-0.2, -0.15) is 0 Å². The van der Waals surface area contributed by atoms with Crippen LogP contribution < -0.4 is 10.2 Å². The lowest BCUT2D eigenvalue weighted by molar-refractivity contribution is -0.131. The summed E-state index contributed by atoms with van der Waals surface area (Å²) in [4.78, 5) is 45.4. The van der Waals surface area contributed by atoms with Crippen LogP contribution in [0.3, 0.4) is 0 Å². The van der Waals surface area contributed by atoms with Crippen LogP contribution in [0.5, 0.6) is 0 Å². The molecule has 0 aromatic heterocycles. The summed E-state index contributed by atoms with van der Waals surface area (Å²) in [5.41, 5.74) is 2.74. The highest BCUT2D eigenvalue weighted by atomic mass is 16.2. The molecule has 0 aliphatic carbocycles. The van der Waals surface area contributed by atoms with Crippen molar-refractivity contribution in [3.63, 3.8) is 0 Å². The Hall–Kier alpha value is -3.32. The number of benzene rings is 2. The summed E-state index contributed by atoms with van der Waals surface area (Å²) in [6, 6.07) is 16.7. The van der Waals surface area contributed by atoms with Crippen molar-refractivity contribution in [2.75, 3.05) is 18.0 Å². The zero-order valence-electron chi connectivity index (χ0n) is 17.5. The second-order valence-electron chi connectivity index (χ2n) is 8.07. The summed E-state index contributed by atoms with van der Waals surface area (Å²) in [6.07, 6.45) is 3.15. The molecule has 160 valence electrons. The van der Waals surface area contributed by atoms with E-state index in [1.165, 1.54) is 11.8 Å². The molecule has 1 atom stereocenters. The van der Waals surface area contributed by atoms with Crippen LogP contribution in [0.1, 0.15) is 24.0 Å². The molecule has 2 heterocycles. The van der Waals surface area contributed by atoms with Crippen molar-refractivity contribution in [3.05, 3.63) is 65.7 Å². The topological polar surface area (TPSA) is 82.1 Å². The average Bonchev–Trinajstić information content (AvgIpc) is 2.76. The van der Waals surface area contributed by atoms with Crippen LogP contribution >= 0.6 is 0 Å². The number of likely N-dealkylation sites (tertiary alicyclic amines) is 1. The van der Waals surface area contributed by atoms with E-state index in [2.05, 4.69) is 27.3 Å². The molecule has 0 saturated carbocycles. The number of urea groups is 1. The number of piperidine rings is 1. The lowest BCUT2D eigenvalue weighted by Crippen LogP contribution is -2.58. The maximum absolute atomic E-state index is 12.9. The van der Waals surface area contributed by atoms with Gasteiger partial charge in [-0.1, -0.05) is 48.0 Å². The number of nitrogens with one attached hydrogen (secondary N) is 1. The second kappa shape index (κ2) is 9.22. The Bertz CT molecular complexity index is 980. The summed E-state index contributed by atoms with van der Waals surface area (Å²) in [6.45, 7) is 4.66. The van der Waals surface area contributed by atoms with E-state index in [0.29, 0.717) is 5.69 Å². The third-order valence-corrected chi connectivity index (χ3v) is 5.75. The lowest BCUT2D eigenvalue weighted by Gasteiger charge is -2.31. The van der Waals surface area contributed by atoms with Crippen molar-refractivity contribution in [1.82, 2.24) is 10.2 Å². The van der Waals surface area contributed by atoms with Gasteiger partial charge in [0.05, 0.1) is 11.7 Å². The number of imide groups is 2. The van der Waals surface area contributed by atoms with Gasteiger partial charge in [0.25, 0.3) is 5.91 Å². The predicted molar refractivity (Wildman–Crippen MR) is 119 cm³/mol. The normalized spacial score (nSPS) is 21.0. The van der Waals surface area contributed by atoms with Crippen molar-refractivity contribution in [3.8, 4) is 0 Å². The van der Waals surface area contributed by atoms with Crippen LogP contribution in [0, 0.1) is 12.8 Å². The zero-order chi connectivity index (χ0) is 21.8. The monoisotopic (exact) mass is 418 g/mol. The van der Waals surface area contributed by atoms with E-state index in [1.54, 1.807) is 12.1 Å². The van der Waals surface area contributed by atoms with Gasteiger partial charge in [0.1, 0.15) is 0 Å². The van der Waals surface area contributed by atoms with E-state index in [-0.39, 0.29) is 6.04 Å². The van der Waals surface area contributed by atoms with Gasteiger partial charge in [0.15, 0.2) is 5.92 Å². The fourth-order valence-corrected chi connectivity index (χ4v) is 3.94. The zero-order valence-corrected chi connectivity index (χ0v) is 17.5. The summed E-state index contributed by atoms with van der Waals surface area (Å²) in [7, 11) is 0. The average molecular weight is 418 g/mol. The van der Waals surface area contributed by atoms with Crippen molar-refractivity contribution < 1.29 is 14.4 Å². The third kappa shape index (κ3) is 4.88. The van der Waals surface area contributed by atoms with Crippen molar-refractivity contribution >= 4 is 29.7 Å². The van der Waals surface area contributed by atoms with Crippen molar-refractivity contribution in [2.24, 2.45) is 10.9 Å². The van der Waals surface area contributed by atoms with Gasteiger partial charge in [0, 0.05) is 25.8 Å². The highest BCUT2D eigenvalue weighted by molar-refractivity contribution is 6.32. The molecule has 2 aromatic carbocycles. The quantitative estimate of drug-likeness (QED) is 0.598. The first-order chi connectivity index (χ1) is 15.0. The molecule has 7 heteroatoms. The van der Waals surface area contributed by atoms with Crippen molar-refractivity contribution in [2.45, 2.75) is 32.4 Å². The van der Waals surface area contributed by atoms with Crippen LogP contribution in [0.4, 0.5) is 10.5 Å². The molecule has 7 nitrogen and oxygen atoms in total. The number of carbonyl (C=O) groups excluding carboxylic acids is 3. The minimum absolute atomic E-state index is 0.0677. The van der Waals surface area contributed by atoms with Gasteiger partial charge >= 0.3 is 6.03 Å². The Balaban J connectivity index is 1.37. The predicted octanol–water partition coefficient (Wildman–Crippen LogP) is 2.93. The molecule has 31 heavy (non-hydrogen) atoms. The number of amides is 4. The Morgan fingerprint density at radius 2 is 1.68 bits per heavy atom. The van der Waals surface area contributed by atoms with Crippen LogP contribution in [-0.2, 0) is 16.1 Å². The molecule has 2 fully saturated rings. The Labute approximate surface area is 181 Å². The van der Waals surface area contributed by atoms with E-state index in [4.69, 9.17) is 0 Å². The first-order valence-electron chi connectivity index (χ1n) is 10.6. The van der Waals surface area contributed by atoms with Crippen molar-refractivity contribution in [1.29, 1.82) is 0 Å². The number of nitrogens with zero attached hydrogens (tertiary/aromatic N) is 3. The molecule has 2 aliphatic rings. The van der Waals surface area contributed by atoms with Gasteiger partial charge in [-0.3, -0.25) is 24.8 Å². The molecule has 2 aliphatic heterocycles. The smallest absolute Gasteiger partial charge is 0.299 e. The number of hydrogen-bond acceptors (Lipinski definition) is 5. The third-order valence-electron chi connectivity index (χ3n) is 5.75. The largest absolute Gasteiger partial charge is 0.335 e. The van der Waals surface area contributed by atoms with Crippen LogP contribution in [0.15, 0.2) is 59.6 Å². The van der Waals surface area contributed by atoms with Gasteiger partial charge in [-0.25, -0.2) is 9.69 Å². The van der Waals surface area contributed by atoms with E-state index in [0.717, 1.165) is 42.9 Å². The number of carbonyl (C=O) groups is 3. The fourth-order valence-electron chi connectivity index (χ4n) is 3.94. The number of anilines is 1. The molecule has 1 N–H and O–H groups in total. The molecule has 0 unspecified atom stereocenters. The Kier molecular flexibility index (Phi) is 6.23. The standard InChI is InChI=1S/C24H26N4O3/c1-17-7-9-20(10-8-17)28-23(30)21(22(29)26-24(28)31)15-25-19-11-13-27(14-12-19)16-18-5-3-2-4-6-18/h2-10,15,19,21H,11-14,16H2,1H3,(H,26,29,31)/t21-/m0/s1. The molecule has 4 rings (SSSR count). The van der Waals surface area contributed by atoms with E-state index in [9.17, 15) is 14.4 Å². The number of hydrogen-bond donors (Lipinski definition) is 1. The van der Waals surface area contributed by atoms with Gasteiger partial charge in [-0.15, -0.1) is 0 Å². The van der Waals surface area contributed by atoms with E-state index < -0.39 is 23.8 Å². The first-order valence-corrected chi connectivity index (χ1v) is 10.6. The number of rotatable bonds is 5. The van der Waals surface area contributed by atoms with Gasteiger partial charge in [0.2, 0.25) is 5.91 Å². The van der Waals surface area contributed by atoms with E-state index >= 15 is 0 Å². The molecule has 4 amide bonds. The molecule has 0 bridgehead atoms. The molecule has 2 saturated heterocycles. The molecule has 2 aromatic rings. The summed E-state index contributed by atoms with van der Waals surface area (Å²) >= 11 is 0. The fraction of sp³-hybridized carbons (Fsp3) is 0.333. The second-order valence-corrected chi connectivity index (χ2v) is 8.07. The summed E-state index contributed by atoms with van der Waals surface area (Å²) < 4.78 is 0. The maximum Gasteiger partial charge on any atom is 0.335 e. The highest BCUT2D eigenvalue weighted by Gasteiger charge is 2.40. The van der Waals surface area contributed by atoms with E-state index in [1.807, 2.05) is 37.3 Å². The molecule has 0 radical (unpaired) electrons. The van der Waals surface area contributed by atoms with Crippen LogP contribution in [0.25, 0.3) is 0 Å². The number of aryl methyl sites for hydroxylation is 1. The lowest BCUT2D eigenvalue weighted by atomic mass is 10.0. The summed E-state index contributed by atoms with van der Waals surface area (Å²) in [5.74, 6) is -2.28. The van der Waals surface area contributed by atoms with Gasteiger partial charge in [-0.05, 0) is 37.5 Å². The SMILES string of the molecule is Cc1ccc(N2C(=O)NC(=O)[C@H](C=NC3CCN(Cc4ccccc4)CC3)C2=O)cc1. The molecular formula is C24H26N4O3.